The van der Waals surface area contributed by atoms with E-state index in [1.165, 1.54) is 31.3 Å². The van der Waals surface area contributed by atoms with Gasteiger partial charge in [0.25, 0.3) is 0 Å². The van der Waals surface area contributed by atoms with E-state index in [1.54, 1.807) is 0 Å². The zero-order valence-corrected chi connectivity index (χ0v) is 9.87. The van der Waals surface area contributed by atoms with Crippen molar-refractivity contribution in [3.63, 3.8) is 0 Å². The van der Waals surface area contributed by atoms with Gasteiger partial charge < -0.3 is 19.7 Å². The first-order valence-corrected chi connectivity index (χ1v) is 6.01. The largest absolute Gasteiger partial charge is 0.506 e. The number of hydrogen-bond donors (Lipinski definition) is 2. The summed E-state index contributed by atoms with van der Waals surface area (Å²) in [6.45, 7) is 1.10. The summed E-state index contributed by atoms with van der Waals surface area (Å²) in [7, 11) is 0. The molecule has 1 saturated heterocycles. The van der Waals surface area contributed by atoms with Crippen molar-refractivity contribution in [2.24, 2.45) is 0 Å². The molecule has 0 bridgehead atoms. The maximum absolute atomic E-state index is 9.83. The number of thioether (sulfide) groups is 1. The van der Waals surface area contributed by atoms with Crippen LogP contribution in [0.4, 0.5) is 9.59 Å². The van der Waals surface area contributed by atoms with E-state index in [1.807, 2.05) is 0 Å². The second kappa shape index (κ2) is 9.14. The van der Waals surface area contributed by atoms with Crippen molar-refractivity contribution in [3.05, 3.63) is 0 Å². The molecule has 0 aromatic heterocycles. The molecular formula is C9H16O6S. The van der Waals surface area contributed by atoms with Crippen LogP contribution in [0, 0.1) is 0 Å². The first-order chi connectivity index (χ1) is 7.52. The van der Waals surface area contributed by atoms with Crippen molar-refractivity contribution in [2.45, 2.75) is 25.9 Å². The van der Waals surface area contributed by atoms with Gasteiger partial charge in [0.15, 0.2) is 0 Å². The predicted molar refractivity (Wildman–Crippen MR) is 59.1 cm³/mol. The Bertz CT molecular complexity index is 208. The molecule has 1 atom stereocenters. The summed E-state index contributed by atoms with van der Waals surface area (Å²) in [5.74, 6) is 2.83. The fourth-order valence-corrected chi connectivity index (χ4v) is 1.93. The third kappa shape index (κ3) is 11.0. The molecule has 16 heavy (non-hydrogen) atoms. The lowest BCUT2D eigenvalue weighted by Crippen LogP contribution is -2.20. The van der Waals surface area contributed by atoms with E-state index >= 15 is 0 Å². The number of carboxylic acid groups (broad SMARTS) is 2. The molecule has 1 fully saturated rings. The van der Waals surface area contributed by atoms with Crippen molar-refractivity contribution < 1.29 is 29.3 Å². The molecule has 1 heterocycles. The van der Waals surface area contributed by atoms with Crippen LogP contribution in [0.3, 0.4) is 0 Å². The van der Waals surface area contributed by atoms with E-state index in [-0.39, 0.29) is 6.61 Å². The molecule has 0 amide bonds. The first kappa shape index (κ1) is 14.9. The molecule has 1 aliphatic rings. The standard InChI is InChI=1S/C5H8O6.C4H8S/c1-3(11-5(8)9)2-10-4(6)7;1-2-4-5-3-1/h3H,2H2,1H3,(H,6,7)(H,8,9);1-4H2. The topological polar surface area (TPSA) is 93.1 Å². The molecule has 0 spiro atoms. The van der Waals surface area contributed by atoms with Crippen molar-refractivity contribution in [3.8, 4) is 0 Å². The number of hydrogen-bond acceptors (Lipinski definition) is 5. The molecule has 1 aliphatic heterocycles. The van der Waals surface area contributed by atoms with Crippen molar-refractivity contribution in [1.29, 1.82) is 0 Å². The lowest BCUT2D eigenvalue weighted by molar-refractivity contribution is 0.0122. The number of carbonyl (C=O) groups is 2. The van der Waals surface area contributed by atoms with E-state index in [0.717, 1.165) is 0 Å². The number of rotatable bonds is 3. The summed E-state index contributed by atoms with van der Waals surface area (Å²) >= 11 is 2.07. The summed E-state index contributed by atoms with van der Waals surface area (Å²) in [6, 6.07) is 0. The van der Waals surface area contributed by atoms with Crippen LogP contribution >= 0.6 is 11.8 Å². The minimum atomic E-state index is -1.45. The highest BCUT2D eigenvalue weighted by Gasteiger charge is 2.09. The van der Waals surface area contributed by atoms with Gasteiger partial charge in [-0.25, -0.2) is 9.59 Å². The molecule has 0 aliphatic carbocycles. The molecule has 1 rings (SSSR count). The van der Waals surface area contributed by atoms with Crippen LogP contribution in [-0.2, 0) is 9.47 Å². The Kier molecular flexibility index (Phi) is 8.51. The van der Waals surface area contributed by atoms with E-state index < -0.39 is 18.4 Å². The second-order valence-electron chi connectivity index (χ2n) is 3.09. The summed E-state index contributed by atoms with van der Waals surface area (Å²) in [5, 5.41) is 16.0. The Morgan fingerprint density at radius 1 is 1.25 bits per heavy atom. The van der Waals surface area contributed by atoms with Gasteiger partial charge in [0.1, 0.15) is 12.7 Å². The fourth-order valence-electron chi connectivity index (χ4n) is 0.905. The van der Waals surface area contributed by atoms with E-state index in [9.17, 15) is 9.59 Å². The average Bonchev–Trinajstić information content (AvgIpc) is 2.71. The highest BCUT2D eigenvalue weighted by molar-refractivity contribution is 7.99. The molecule has 7 heteroatoms. The van der Waals surface area contributed by atoms with Crippen LogP contribution in [-0.4, -0.2) is 46.7 Å². The van der Waals surface area contributed by atoms with Gasteiger partial charge in [-0.2, -0.15) is 11.8 Å². The van der Waals surface area contributed by atoms with Gasteiger partial charge in [-0.1, -0.05) is 0 Å². The van der Waals surface area contributed by atoms with Crippen LogP contribution in [0.2, 0.25) is 0 Å². The van der Waals surface area contributed by atoms with Gasteiger partial charge in [0.05, 0.1) is 0 Å². The molecule has 0 aromatic rings. The van der Waals surface area contributed by atoms with Gasteiger partial charge in [-0.3, -0.25) is 0 Å². The second-order valence-corrected chi connectivity index (χ2v) is 4.32. The summed E-state index contributed by atoms with van der Waals surface area (Å²) < 4.78 is 8.16. The van der Waals surface area contributed by atoms with Gasteiger partial charge in [-0.05, 0) is 31.3 Å². The van der Waals surface area contributed by atoms with Crippen molar-refractivity contribution in [2.75, 3.05) is 18.1 Å². The smallest absolute Gasteiger partial charge is 0.450 e. The van der Waals surface area contributed by atoms with Crippen LogP contribution in [0.1, 0.15) is 19.8 Å². The minimum Gasteiger partial charge on any atom is -0.450 e. The maximum atomic E-state index is 9.83. The molecule has 6 nitrogen and oxygen atoms in total. The Morgan fingerprint density at radius 2 is 1.81 bits per heavy atom. The maximum Gasteiger partial charge on any atom is 0.506 e. The van der Waals surface area contributed by atoms with Gasteiger partial charge in [-0.15, -0.1) is 0 Å². The van der Waals surface area contributed by atoms with E-state index in [2.05, 4.69) is 21.2 Å². The summed E-state index contributed by atoms with van der Waals surface area (Å²) in [5.41, 5.74) is 0. The van der Waals surface area contributed by atoms with Crippen molar-refractivity contribution >= 4 is 24.1 Å². The molecule has 2 N–H and O–H groups in total. The zero-order valence-electron chi connectivity index (χ0n) is 9.05. The lowest BCUT2D eigenvalue weighted by Gasteiger charge is -2.08. The quantitative estimate of drug-likeness (QED) is 0.744. The molecule has 0 radical (unpaired) electrons. The van der Waals surface area contributed by atoms with E-state index in [4.69, 9.17) is 10.2 Å². The third-order valence-corrected chi connectivity index (χ3v) is 2.73. The Morgan fingerprint density at radius 3 is 2.12 bits per heavy atom. The Balaban J connectivity index is 0.000000368. The normalized spacial score (nSPS) is 15.6. The number of ether oxygens (including phenoxy) is 2. The van der Waals surface area contributed by atoms with Crippen molar-refractivity contribution in [1.82, 2.24) is 0 Å². The Hall–Kier alpha value is -1.11. The SMILES string of the molecule is C1CCSC1.CC(COC(=O)O)OC(=O)O. The van der Waals surface area contributed by atoms with Gasteiger partial charge >= 0.3 is 12.3 Å². The third-order valence-electron chi connectivity index (χ3n) is 1.57. The summed E-state index contributed by atoms with van der Waals surface area (Å²) in [4.78, 5) is 19.6. The van der Waals surface area contributed by atoms with Crippen LogP contribution in [0.25, 0.3) is 0 Å². The highest BCUT2D eigenvalue weighted by atomic mass is 32.2. The van der Waals surface area contributed by atoms with Gasteiger partial charge in [0, 0.05) is 0 Å². The van der Waals surface area contributed by atoms with Crippen LogP contribution < -0.4 is 0 Å². The monoisotopic (exact) mass is 252 g/mol. The molecule has 0 aromatic carbocycles. The Labute approximate surface area is 97.9 Å². The predicted octanol–water partition coefficient (Wildman–Crippen LogP) is 2.28. The average molecular weight is 252 g/mol. The molecule has 0 saturated carbocycles. The minimum absolute atomic E-state index is 0.290. The lowest BCUT2D eigenvalue weighted by atomic mass is 10.4. The zero-order chi connectivity index (χ0) is 12.4. The van der Waals surface area contributed by atoms with E-state index in [0.29, 0.717) is 0 Å². The van der Waals surface area contributed by atoms with Crippen LogP contribution in [0.5, 0.6) is 0 Å². The first-order valence-electron chi connectivity index (χ1n) is 4.85. The summed E-state index contributed by atoms with van der Waals surface area (Å²) in [6.07, 6.45) is -0.754. The highest BCUT2D eigenvalue weighted by Crippen LogP contribution is 2.14. The molecular weight excluding hydrogens is 236 g/mol. The molecule has 94 valence electrons. The van der Waals surface area contributed by atoms with Crippen LogP contribution in [0.15, 0.2) is 0 Å². The van der Waals surface area contributed by atoms with Gasteiger partial charge in [0.2, 0.25) is 0 Å². The fraction of sp³-hybridized carbons (Fsp3) is 0.778. The molecule has 1 unspecified atom stereocenters.